The number of morpholine rings is 1. The molecule has 6 nitrogen and oxygen atoms in total. The largest absolute Gasteiger partial charge is 0.375 e. The van der Waals surface area contributed by atoms with Crippen molar-refractivity contribution >= 4 is 29.1 Å². The van der Waals surface area contributed by atoms with E-state index in [1.807, 2.05) is 20.8 Å². The van der Waals surface area contributed by atoms with Gasteiger partial charge >= 0.3 is 0 Å². The summed E-state index contributed by atoms with van der Waals surface area (Å²) in [6.45, 7) is 8.17. The molecule has 2 amide bonds. The molecule has 1 aliphatic heterocycles. The van der Waals surface area contributed by atoms with Gasteiger partial charge in [-0.15, -0.1) is 0 Å². The quantitative estimate of drug-likeness (QED) is 0.850. The van der Waals surface area contributed by atoms with Gasteiger partial charge in [-0.2, -0.15) is 0 Å². The fourth-order valence-electron chi connectivity index (χ4n) is 2.69. The molecule has 2 rings (SSSR count). The third-order valence-corrected chi connectivity index (χ3v) is 4.43. The van der Waals surface area contributed by atoms with Crippen LogP contribution in [0.4, 0.5) is 5.69 Å². The Morgan fingerprint density at radius 1 is 1.38 bits per heavy atom. The summed E-state index contributed by atoms with van der Waals surface area (Å²) in [6.07, 6.45) is -0.197. The maximum atomic E-state index is 12.4. The number of nitrogens with one attached hydrogen (secondary N) is 2. The van der Waals surface area contributed by atoms with E-state index in [1.165, 1.54) is 0 Å². The molecule has 132 valence electrons. The van der Waals surface area contributed by atoms with Crippen LogP contribution in [0.15, 0.2) is 18.2 Å². The predicted molar refractivity (Wildman–Crippen MR) is 94.5 cm³/mol. The number of benzene rings is 1. The average Bonchev–Trinajstić information content (AvgIpc) is 2.56. The van der Waals surface area contributed by atoms with E-state index in [2.05, 4.69) is 10.6 Å². The predicted octanol–water partition coefficient (Wildman–Crippen LogP) is 2.14. The summed E-state index contributed by atoms with van der Waals surface area (Å²) in [4.78, 5) is 26.4. The number of nitrogens with zero attached hydrogens (tertiary/aromatic N) is 1. The van der Waals surface area contributed by atoms with E-state index >= 15 is 0 Å². The van der Waals surface area contributed by atoms with Crippen LogP contribution in [-0.2, 0) is 9.53 Å². The van der Waals surface area contributed by atoms with Crippen molar-refractivity contribution in [3.63, 3.8) is 0 Å². The molecule has 0 spiro atoms. The van der Waals surface area contributed by atoms with Gasteiger partial charge in [0.2, 0.25) is 5.91 Å². The minimum Gasteiger partial charge on any atom is -0.375 e. The van der Waals surface area contributed by atoms with Crippen molar-refractivity contribution in [1.29, 1.82) is 0 Å². The zero-order valence-electron chi connectivity index (χ0n) is 14.3. The first-order valence-electron chi connectivity index (χ1n) is 8.22. The Morgan fingerprint density at radius 3 is 2.67 bits per heavy atom. The van der Waals surface area contributed by atoms with Gasteiger partial charge in [0.25, 0.3) is 5.91 Å². The van der Waals surface area contributed by atoms with Crippen LogP contribution in [0.1, 0.15) is 31.1 Å². The van der Waals surface area contributed by atoms with Crippen LogP contribution >= 0.6 is 11.6 Å². The summed E-state index contributed by atoms with van der Waals surface area (Å²) >= 11 is 6.24. The van der Waals surface area contributed by atoms with E-state index in [0.717, 1.165) is 0 Å². The second kappa shape index (κ2) is 8.46. The number of ether oxygens (including phenoxy) is 1. The lowest BCUT2D eigenvalue weighted by molar-refractivity contribution is -0.123. The van der Waals surface area contributed by atoms with Crippen molar-refractivity contribution in [1.82, 2.24) is 10.2 Å². The average molecular weight is 354 g/mol. The molecule has 1 aromatic carbocycles. The Kier molecular flexibility index (Phi) is 6.60. The van der Waals surface area contributed by atoms with Gasteiger partial charge in [0.1, 0.15) is 6.04 Å². The van der Waals surface area contributed by atoms with Gasteiger partial charge in [-0.1, -0.05) is 11.6 Å². The lowest BCUT2D eigenvalue weighted by Crippen LogP contribution is -2.53. The van der Waals surface area contributed by atoms with Crippen LogP contribution in [-0.4, -0.2) is 55.1 Å². The summed E-state index contributed by atoms with van der Waals surface area (Å²) in [7, 11) is 0. The van der Waals surface area contributed by atoms with E-state index < -0.39 is 6.04 Å². The zero-order valence-corrected chi connectivity index (χ0v) is 15.0. The number of hydrogen-bond donors (Lipinski definition) is 2. The molecule has 0 aliphatic carbocycles. The van der Waals surface area contributed by atoms with Crippen molar-refractivity contribution < 1.29 is 14.3 Å². The topological polar surface area (TPSA) is 70.7 Å². The van der Waals surface area contributed by atoms with Gasteiger partial charge < -0.3 is 20.3 Å². The monoisotopic (exact) mass is 353 g/mol. The third kappa shape index (κ3) is 4.26. The van der Waals surface area contributed by atoms with Crippen molar-refractivity contribution in [3.8, 4) is 0 Å². The number of carbonyl (C=O) groups excluding carboxylic acids is 2. The van der Waals surface area contributed by atoms with Crippen LogP contribution in [0.25, 0.3) is 0 Å². The first kappa shape index (κ1) is 18.7. The Bertz CT molecular complexity index is 605. The molecule has 2 atom stereocenters. The summed E-state index contributed by atoms with van der Waals surface area (Å²) in [5.41, 5.74) is 0.992. The van der Waals surface area contributed by atoms with Gasteiger partial charge in [0, 0.05) is 25.3 Å². The Balaban J connectivity index is 2.09. The molecule has 0 saturated carbocycles. The van der Waals surface area contributed by atoms with Gasteiger partial charge in [0.15, 0.2) is 0 Å². The van der Waals surface area contributed by atoms with E-state index in [0.29, 0.717) is 42.5 Å². The summed E-state index contributed by atoms with van der Waals surface area (Å²) in [5.74, 6) is -0.292. The third-order valence-electron chi connectivity index (χ3n) is 4.12. The number of carbonyl (C=O) groups is 2. The van der Waals surface area contributed by atoms with E-state index in [4.69, 9.17) is 16.3 Å². The molecule has 0 bridgehead atoms. The van der Waals surface area contributed by atoms with Gasteiger partial charge in [-0.3, -0.25) is 9.59 Å². The van der Waals surface area contributed by atoms with Crippen molar-refractivity contribution in [3.05, 3.63) is 28.8 Å². The van der Waals surface area contributed by atoms with E-state index in [9.17, 15) is 9.59 Å². The fourth-order valence-corrected chi connectivity index (χ4v) is 2.96. The highest BCUT2D eigenvalue weighted by molar-refractivity contribution is 6.34. The van der Waals surface area contributed by atoms with Gasteiger partial charge in [0.05, 0.1) is 23.3 Å². The summed E-state index contributed by atoms with van der Waals surface area (Å²) in [6, 6.07) is 4.53. The molecule has 7 heteroatoms. The number of amides is 2. The molecule has 0 unspecified atom stereocenters. The molecule has 1 saturated heterocycles. The number of halogens is 1. The minimum absolute atomic E-state index is 0.112. The Hall–Kier alpha value is -1.63. The summed E-state index contributed by atoms with van der Waals surface area (Å²) < 4.78 is 5.48. The molecular weight excluding hydrogens is 330 g/mol. The van der Waals surface area contributed by atoms with E-state index in [-0.39, 0.29) is 17.9 Å². The molecule has 24 heavy (non-hydrogen) atoms. The Labute approximate surface area is 147 Å². The van der Waals surface area contributed by atoms with Crippen LogP contribution < -0.4 is 10.6 Å². The molecule has 1 aliphatic rings. The van der Waals surface area contributed by atoms with Crippen molar-refractivity contribution in [2.45, 2.75) is 32.9 Å². The number of anilines is 1. The fraction of sp³-hybridized carbons (Fsp3) is 0.529. The SMILES string of the molecule is CCN(CC)C(=O)c1ccc(NC(=O)[C@H]2NCCO[C@@H]2C)cc1Cl. The van der Waals surface area contributed by atoms with Crippen LogP contribution in [0.2, 0.25) is 5.02 Å². The first-order valence-corrected chi connectivity index (χ1v) is 8.60. The second-order valence-electron chi connectivity index (χ2n) is 5.67. The lowest BCUT2D eigenvalue weighted by atomic mass is 10.1. The van der Waals surface area contributed by atoms with Crippen LogP contribution in [0.5, 0.6) is 0 Å². The van der Waals surface area contributed by atoms with Crippen LogP contribution in [0.3, 0.4) is 0 Å². The first-order chi connectivity index (χ1) is 11.5. The van der Waals surface area contributed by atoms with E-state index in [1.54, 1.807) is 23.1 Å². The zero-order chi connectivity index (χ0) is 17.7. The molecule has 1 fully saturated rings. The highest BCUT2D eigenvalue weighted by Crippen LogP contribution is 2.23. The van der Waals surface area contributed by atoms with Gasteiger partial charge in [-0.05, 0) is 39.0 Å². The maximum Gasteiger partial charge on any atom is 0.255 e. The second-order valence-corrected chi connectivity index (χ2v) is 6.08. The van der Waals surface area contributed by atoms with Crippen molar-refractivity contribution in [2.75, 3.05) is 31.6 Å². The molecule has 1 aromatic rings. The van der Waals surface area contributed by atoms with Crippen molar-refractivity contribution in [2.24, 2.45) is 0 Å². The molecule has 0 aromatic heterocycles. The Morgan fingerprint density at radius 2 is 2.08 bits per heavy atom. The van der Waals surface area contributed by atoms with Crippen LogP contribution in [0, 0.1) is 0 Å². The maximum absolute atomic E-state index is 12.4. The van der Waals surface area contributed by atoms with Gasteiger partial charge in [-0.25, -0.2) is 0 Å². The number of rotatable bonds is 5. The summed E-state index contributed by atoms with van der Waals surface area (Å²) in [5, 5.41) is 6.27. The smallest absolute Gasteiger partial charge is 0.255 e. The highest BCUT2D eigenvalue weighted by Gasteiger charge is 2.28. The normalized spacial score (nSPS) is 20.5. The minimum atomic E-state index is -0.408. The number of hydrogen-bond acceptors (Lipinski definition) is 4. The molecule has 2 N–H and O–H groups in total. The molecular formula is C17H24ClN3O3. The molecule has 0 radical (unpaired) electrons. The lowest BCUT2D eigenvalue weighted by Gasteiger charge is -2.29. The molecule has 1 heterocycles. The highest BCUT2D eigenvalue weighted by atomic mass is 35.5. The standard InChI is InChI=1S/C17H24ClN3O3/c1-4-21(5-2)17(23)13-7-6-12(10-14(13)18)20-16(22)15-11(3)24-9-8-19-15/h6-7,10-11,15,19H,4-5,8-9H2,1-3H3,(H,20,22)/t11-,15+/m1/s1.